The Bertz CT molecular complexity index is 693. The third-order valence-corrected chi connectivity index (χ3v) is 4.42. The van der Waals surface area contributed by atoms with Crippen molar-refractivity contribution in [3.05, 3.63) is 52.6 Å². The second-order valence-corrected chi connectivity index (χ2v) is 6.14. The molecule has 1 saturated heterocycles. The van der Waals surface area contributed by atoms with E-state index in [1.807, 2.05) is 7.05 Å². The van der Waals surface area contributed by atoms with Crippen LogP contribution in [-0.4, -0.2) is 35.6 Å². The number of halogens is 2. The van der Waals surface area contributed by atoms with Gasteiger partial charge in [0.15, 0.2) is 0 Å². The molecule has 1 N–H and O–H groups in total. The number of hydrogen-bond donors (Lipinski definition) is 1. The number of carbonyl (C=O) groups is 1. The number of likely N-dealkylation sites (N-methyl/N-ethyl adjacent to an activating group) is 1. The summed E-state index contributed by atoms with van der Waals surface area (Å²) in [6.07, 6.45) is 2.40. The number of benzene rings is 1. The zero-order chi connectivity index (χ0) is 16.4. The van der Waals surface area contributed by atoms with Crippen molar-refractivity contribution < 1.29 is 13.7 Å². The molecule has 5 nitrogen and oxygen atoms in total. The van der Waals surface area contributed by atoms with Crippen LogP contribution in [0.15, 0.2) is 35.1 Å². The zero-order valence-electron chi connectivity index (χ0n) is 12.6. The number of nitrogens with zero attached hydrogens (tertiary/aromatic N) is 2. The van der Waals surface area contributed by atoms with Crippen LogP contribution in [0.1, 0.15) is 23.7 Å². The van der Waals surface area contributed by atoms with Gasteiger partial charge in [-0.25, -0.2) is 4.39 Å². The Labute approximate surface area is 138 Å². The van der Waals surface area contributed by atoms with Crippen molar-refractivity contribution in [2.75, 3.05) is 13.6 Å². The van der Waals surface area contributed by atoms with Crippen molar-refractivity contribution in [1.29, 1.82) is 0 Å². The van der Waals surface area contributed by atoms with E-state index in [0.717, 1.165) is 18.5 Å². The average molecular weight is 338 g/mol. The Balaban J connectivity index is 1.73. The Morgan fingerprint density at radius 3 is 3.04 bits per heavy atom. The van der Waals surface area contributed by atoms with Gasteiger partial charge >= 0.3 is 0 Å². The van der Waals surface area contributed by atoms with E-state index < -0.39 is 5.82 Å². The van der Waals surface area contributed by atoms with Crippen molar-refractivity contribution >= 4 is 17.5 Å². The highest BCUT2D eigenvalue weighted by molar-refractivity contribution is 6.30. The van der Waals surface area contributed by atoms with E-state index in [4.69, 9.17) is 16.1 Å². The van der Waals surface area contributed by atoms with Gasteiger partial charge in [0, 0.05) is 18.7 Å². The van der Waals surface area contributed by atoms with Crippen LogP contribution >= 0.6 is 11.6 Å². The third kappa shape index (κ3) is 3.54. The minimum absolute atomic E-state index is 0.0805. The van der Waals surface area contributed by atoms with E-state index in [0.29, 0.717) is 5.69 Å². The lowest BCUT2D eigenvalue weighted by Crippen LogP contribution is -2.39. The van der Waals surface area contributed by atoms with E-state index in [9.17, 15) is 9.18 Å². The first-order valence-corrected chi connectivity index (χ1v) is 7.76. The van der Waals surface area contributed by atoms with Gasteiger partial charge in [-0.05, 0) is 31.2 Å². The minimum atomic E-state index is -0.447. The number of nitrogens with one attached hydrogen (secondary N) is 1. The van der Waals surface area contributed by atoms with E-state index >= 15 is 0 Å². The van der Waals surface area contributed by atoms with Gasteiger partial charge in [-0.3, -0.25) is 9.69 Å². The molecule has 3 rings (SSSR count). The Kier molecular flexibility index (Phi) is 4.63. The highest BCUT2D eigenvalue weighted by Gasteiger charge is 2.34. The molecule has 23 heavy (non-hydrogen) atoms. The first-order chi connectivity index (χ1) is 11.0. The second kappa shape index (κ2) is 6.68. The van der Waals surface area contributed by atoms with Crippen LogP contribution in [-0.2, 0) is 11.2 Å². The highest BCUT2D eigenvalue weighted by Crippen LogP contribution is 2.32. The summed E-state index contributed by atoms with van der Waals surface area (Å²) < 4.78 is 18.5. The molecular formula is C16H17ClFN3O2. The Morgan fingerprint density at radius 1 is 1.52 bits per heavy atom. The van der Waals surface area contributed by atoms with Gasteiger partial charge in [-0.15, -0.1) is 0 Å². The SMILES string of the molecule is CN1CC[C@H](NC(=O)Cc2ccon2)[C@@H]1c1ccc(Cl)c(F)c1. The van der Waals surface area contributed by atoms with Crippen molar-refractivity contribution in [3.8, 4) is 0 Å². The molecule has 0 unspecified atom stereocenters. The summed E-state index contributed by atoms with van der Waals surface area (Å²) in [6.45, 7) is 0.823. The lowest BCUT2D eigenvalue weighted by atomic mass is 10.00. The van der Waals surface area contributed by atoms with Crippen LogP contribution in [0.5, 0.6) is 0 Å². The van der Waals surface area contributed by atoms with Gasteiger partial charge < -0.3 is 9.84 Å². The van der Waals surface area contributed by atoms with Crippen LogP contribution in [0.3, 0.4) is 0 Å². The molecule has 1 aromatic heterocycles. The molecule has 0 spiro atoms. The molecule has 1 aliphatic rings. The average Bonchev–Trinajstić information content (AvgIpc) is 3.12. The van der Waals surface area contributed by atoms with Crippen LogP contribution in [0.25, 0.3) is 0 Å². The number of aromatic nitrogens is 1. The fourth-order valence-electron chi connectivity index (χ4n) is 3.03. The summed E-state index contributed by atoms with van der Waals surface area (Å²) in [5.41, 5.74) is 1.39. The summed E-state index contributed by atoms with van der Waals surface area (Å²) in [5, 5.41) is 6.84. The maximum absolute atomic E-state index is 13.7. The van der Waals surface area contributed by atoms with E-state index in [1.165, 1.54) is 12.3 Å². The molecule has 1 fully saturated rings. The van der Waals surface area contributed by atoms with Crippen molar-refractivity contribution in [3.63, 3.8) is 0 Å². The van der Waals surface area contributed by atoms with Gasteiger partial charge in [-0.2, -0.15) is 0 Å². The lowest BCUT2D eigenvalue weighted by Gasteiger charge is -2.26. The number of carbonyl (C=O) groups excluding carboxylic acids is 1. The fourth-order valence-corrected chi connectivity index (χ4v) is 3.15. The summed E-state index contributed by atoms with van der Waals surface area (Å²) in [5.74, 6) is -0.573. The number of rotatable bonds is 4. The van der Waals surface area contributed by atoms with Crippen LogP contribution < -0.4 is 5.32 Å². The van der Waals surface area contributed by atoms with Gasteiger partial charge in [0.05, 0.1) is 23.2 Å². The minimum Gasteiger partial charge on any atom is -0.364 e. The summed E-state index contributed by atoms with van der Waals surface area (Å²) in [4.78, 5) is 14.3. The molecule has 0 bridgehead atoms. The maximum Gasteiger partial charge on any atom is 0.226 e. The topological polar surface area (TPSA) is 58.4 Å². The lowest BCUT2D eigenvalue weighted by molar-refractivity contribution is -0.121. The molecule has 122 valence electrons. The van der Waals surface area contributed by atoms with Gasteiger partial charge in [0.2, 0.25) is 5.91 Å². The molecule has 0 radical (unpaired) electrons. The first-order valence-electron chi connectivity index (χ1n) is 7.38. The smallest absolute Gasteiger partial charge is 0.226 e. The largest absolute Gasteiger partial charge is 0.364 e. The van der Waals surface area contributed by atoms with Gasteiger partial charge in [0.1, 0.15) is 12.1 Å². The highest BCUT2D eigenvalue weighted by atomic mass is 35.5. The standard InChI is InChI=1S/C16H17ClFN3O2/c1-21-6-4-14(19-15(22)9-11-5-7-23-20-11)16(21)10-2-3-12(17)13(18)8-10/h2-3,5,7-8,14,16H,4,6,9H2,1H3,(H,19,22)/t14-,16-/m0/s1. The van der Waals surface area contributed by atoms with Crippen LogP contribution in [0, 0.1) is 5.82 Å². The predicted molar refractivity (Wildman–Crippen MR) is 83.5 cm³/mol. The fraction of sp³-hybridized carbons (Fsp3) is 0.375. The number of amides is 1. The molecular weight excluding hydrogens is 321 g/mol. The normalized spacial score (nSPS) is 21.5. The third-order valence-electron chi connectivity index (χ3n) is 4.11. The first kappa shape index (κ1) is 16.0. The van der Waals surface area contributed by atoms with Crippen molar-refractivity contribution in [2.24, 2.45) is 0 Å². The molecule has 0 aliphatic carbocycles. The monoisotopic (exact) mass is 337 g/mol. The molecule has 1 aromatic carbocycles. The molecule has 2 heterocycles. The maximum atomic E-state index is 13.7. The van der Waals surface area contributed by atoms with Crippen molar-refractivity contribution in [1.82, 2.24) is 15.4 Å². The summed E-state index contributed by atoms with van der Waals surface area (Å²) in [7, 11) is 1.96. The molecule has 0 saturated carbocycles. The molecule has 1 amide bonds. The molecule has 2 atom stereocenters. The van der Waals surface area contributed by atoms with Crippen molar-refractivity contribution in [2.45, 2.75) is 24.9 Å². The molecule has 2 aromatic rings. The molecule has 1 aliphatic heterocycles. The zero-order valence-corrected chi connectivity index (χ0v) is 13.4. The predicted octanol–water partition coefficient (Wildman–Crippen LogP) is 2.57. The van der Waals surface area contributed by atoms with Gasteiger partial charge in [0.25, 0.3) is 0 Å². The quantitative estimate of drug-likeness (QED) is 0.931. The summed E-state index contributed by atoms with van der Waals surface area (Å²) in [6, 6.07) is 6.28. The Morgan fingerprint density at radius 2 is 2.35 bits per heavy atom. The van der Waals surface area contributed by atoms with Crippen LogP contribution in [0.4, 0.5) is 4.39 Å². The van der Waals surface area contributed by atoms with E-state index in [-0.39, 0.29) is 29.4 Å². The van der Waals surface area contributed by atoms with Gasteiger partial charge in [-0.1, -0.05) is 22.8 Å². The number of likely N-dealkylation sites (tertiary alicyclic amines) is 1. The van der Waals surface area contributed by atoms with Crippen LogP contribution in [0.2, 0.25) is 5.02 Å². The Hall–Kier alpha value is -1.92. The molecule has 7 heteroatoms. The van der Waals surface area contributed by atoms with E-state index in [1.54, 1.807) is 18.2 Å². The number of hydrogen-bond acceptors (Lipinski definition) is 4. The van der Waals surface area contributed by atoms with E-state index in [2.05, 4.69) is 15.4 Å². The second-order valence-electron chi connectivity index (χ2n) is 5.73. The summed E-state index contributed by atoms with van der Waals surface area (Å²) >= 11 is 5.75.